The third kappa shape index (κ3) is 1.45. The first-order valence-corrected chi connectivity index (χ1v) is 4.19. The Hall–Kier alpha value is -1.78. The minimum atomic E-state index is -5.11. The van der Waals surface area contributed by atoms with Crippen LogP contribution >= 0.6 is 0 Å². The molecule has 2 heterocycles. The second-order valence-electron chi connectivity index (χ2n) is 3.44. The molecule has 17 heavy (non-hydrogen) atoms. The van der Waals surface area contributed by atoms with Crippen LogP contribution in [0.5, 0.6) is 0 Å². The lowest BCUT2D eigenvalue weighted by Crippen LogP contribution is -2.50. The molecular formula is C6H3BF3O7-. The zero-order chi connectivity index (χ0) is 13.1. The lowest BCUT2D eigenvalue weighted by molar-refractivity contribution is -0.237. The summed E-state index contributed by atoms with van der Waals surface area (Å²) in [6.07, 6.45) is -5.11. The summed E-state index contributed by atoms with van der Waals surface area (Å²) in [5.41, 5.74) is -3.35. The Labute approximate surface area is 90.8 Å². The van der Waals surface area contributed by atoms with Gasteiger partial charge in [0.2, 0.25) is 5.60 Å². The summed E-state index contributed by atoms with van der Waals surface area (Å²) in [5.74, 6) is -5.04. The maximum atomic E-state index is 12.5. The highest BCUT2D eigenvalue weighted by molar-refractivity contribution is 6.68. The molecule has 0 aliphatic carbocycles. The fraction of sp³-hybridized carbons (Fsp3) is 0.500. The van der Waals surface area contributed by atoms with Crippen molar-refractivity contribution in [1.29, 1.82) is 0 Å². The fourth-order valence-electron chi connectivity index (χ4n) is 1.27. The van der Waals surface area contributed by atoms with Crippen LogP contribution in [0.4, 0.5) is 13.2 Å². The number of rotatable bonds is 0. The largest absolute Gasteiger partial charge is 0.721 e. The average Bonchev–Trinajstić information content (AvgIpc) is 2.52. The highest BCUT2D eigenvalue weighted by atomic mass is 19.4. The molecule has 0 aromatic rings. The quantitative estimate of drug-likeness (QED) is 0.422. The number of hydrogen-bond acceptors (Lipinski definition) is 7. The Kier molecular flexibility index (Phi) is 2.01. The third-order valence-corrected chi connectivity index (χ3v) is 2.23. The highest BCUT2D eigenvalue weighted by Gasteiger charge is 2.71. The minimum Gasteiger partial charge on any atom is -0.594 e. The van der Waals surface area contributed by atoms with E-state index in [2.05, 4.69) is 18.6 Å². The second kappa shape index (κ2) is 2.91. The lowest BCUT2D eigenvalue weighted by Gasteiger charge is -2.29. The Morgan fingerprint density at radius 3 is 1.88 bits per heavy atom. The molecule has 94 valence electrons. The molecule has 0 saturated carbocycles. The molecule has 7 nitrogen and oxygen atoms in total. The number of hydrogen-bond donors (Lipinski definition) is 0. The van der Waals surface area contributed by atoms with Gasteiger partial charge in [-0.1, -0.05) is 0 Å². The molecular weight excluding hydrogens is 252 g/mol. The van der Waals surface area contributed by atoms with Gasteiger partial charge < -0.3 is 18.6 Å². The van der Waals surface area contributed by atoms with Gasteiger partial charge in [-0.05, 0) is 6.92 Å². The number of carbonyl (C=O) groups excluding carboxylic acids is 3. The predicted octanol–water partition coefficient (Wildman–Crippen LogP) is -0.584. The van der Waals surface area contributed by atoms with Crippen molar-refractivity contribution in [2.75, 3.05) is 0 Å². The summed E-state index contributed by atoms with van der Waals surface area (Å²) < 4.78 is 54.0. The number of carbonyl (C=O) groups is 3. The van der Waals surface area contributed by atoms with Gasteiger partial charge in [0, 0.05) is 0 Å². The molecule has 1 unspecified atom stereocenters. The van der Waals surface area contributed by atoms with Crippen LogP contribution in [0.3, 0.4) is 0 Å². The molecule has 2 rings (SSSR count). The van der Waals surface area contributed by atoms with E-state index in [0.717, 1.165) is 0 Å². The molecule has 0 aromatic heterocycles. The first-order valence-electron chi connectivity index (χ1n) is 4.19. The first kappa shape index (κ1) is 11.7. The normalized spacial score (nSPS) is 31.4. The molecule has 1 spiro atoms. The summed E-state index contributed by atoms with van der Waals surface area (Å²) in [6.45, 7) is -3.43. The van der Waals surface area contributed by atoms with Gasteiger partial charge in [0.1, 0.15) is 0 Å². The van der Waals surface area contributed by atoms with Gasteiger partial charge in [0.15, 0.2) is 0 Å². The molecule has 11 heteroatoms. The van der Waals surface area contributed by atoms with Gasteiger partial charge in [-0.15, -0.1) is 0 Å². The fourth-order valence-corrected chi connectivity index (χ4v) is 1.27. The summed E-state index contributed by atoms with van der Waals surface area (Å²) in [6, 6.07) is 0. The van der Waals surface area contributed by atoms with E-state index in [0.29, 0.717) is 6.92 Å². The van der Waals surface area contributed by atoms with E-state index in [1.165, 1.54) is 0 Å². The van der Waals surface area contributed by atoms with Gasteiger partial charge in [-0.25, -0.2) is 9.59 Å². The van der Waals surface area contributed by atoms with Gasteiger partial charge in [0.05, 0.1) is 0 Å². The molecule has 2 aliphatic heterocycles. The van der Waals surface area contributed by atoms with Crippen LogP contribution in [0, 0.1) is 0 Å². The van der Waals surface area contributed by atoms with E-state index >= 15 is 0 Å². The zero-order valence-corrected chi connectivity index (χ0v) is 8.07. The molecule has 1 atom stereocenters. The summed E-state index contributed by atoms with van der Waals surface area (Å²) in [4.78, 5) is 32.4. The molecule has 2 saturated heterocycles. The summed E-state index contributed by atoms with van der Waals surface area (Å²) in [5, 5.41) is 0. The predicted molar refractivity (Wildman–Crippen MR) is 39.6 cm³/mol. The van der Waals surface area contributed by atoms with E-state index in [4.69, 9.17) is 0 Å². The van der Waals surface area contributed by atoms with Crippen molar-refractivity contribution in [1.82, 2.24) is 0 Å². The Morgan fingerprint density at radius 1 is 1.06 bits per heavy atom. The van der Waals surface area contributed by atoms with Crippen molar-refractivity contribution < 1.29 is 46.2 Å². The van der Waals surface area contributed by atoms with Crippen LogP contribution in [-0.2, 0) is 33.0 Å². The molecule has 0 aromatic carbocycles. The monoisotopic (exact) mass is 255 g/mol. The third-order valence-electron chi connectivity index (χ3n) is 2.23. The summed E-state index contributed by atoms with van der Waals surface area (Å²) >= 11 is 0. The molecule has 2 fully saturated rings. The van der Waals surface area contributed by atoms with Crippen LogP contribution in [0.2, 0.25) is 0 Å². The molecule has 0 bridgehead atoms. The molecule has 0 amide bonds. The van der Waals surface area contributed by atoms with Crippen molar-refractivity contribution in [3.8, 4) is 0 Å². The van der Waals surface area contributed by atoms with Crippen molar-refractivity contribution in [3.05, 3.63) is 0 Å². The minimum absolute atomic E-state index is 0.367. The second-order valence-corrected chi connectivity index (χ2v) is 3.44. The smallest absolute Gasteiger partial charge is 0.594 e. The van der Waals surface area contributed by atoms with E-state index in [9.17, 15) is 27.6 Å². The van der Waals surface area contributed by atoms with E-state index in [1.54, 1.807) is 0 Å². The van der Waals surface area contributed by atoms with Crippen LogP contribution in [0.25, 0.3) is 0 Å². The van der Waals surface area contributed by atoms with Gasteiger partial charge in [-0.2, -0.15) is 13.2 Å². The Balaban J connectivity index is 2.33. The van der Waals surface area contributed by atoms with Crippen LogP contribution in [0.15, 0.2) is 0 Å². The highest BCUT2D eigenvalue weighted by Crippen LogP contribution is 2.43. The molecule has 0 N–H and O–H groups in total. The lowest BCUT2D eigenvalue weighted by atomic mass is 10.0. The van der Waals surface area contributed by atoms with Crippen molar-refractivity contribution in [2.45, 2.75) is 18.7 Å². The molecule has 0 radical (unpaired) electrons. The van der Waals surface area contributed by atoms with Crippen LogP contribution in [-0.4, -0.2) is 36.6 Å². The Bertz CT molecular complexity index is 416. The zero-order valence-electron chi connectivity index (χ0n) is 8.07. The maximum absolute atomic E-state index is 12.5. The first-order chi connectivity index (χ1) is 7.60. The standard InChI is InChI=1S/C6H3BF3O7/c1-5(6(8,9)10)4(13)16-7(17-5)14-2(11)3(12)15-7/h1H3/q-1. The van der Waals surface area contributed by atoms with Gasteiger partial charge in [0.25, 0.3) is 0 Å². The van der Waals surface area contributed by atoms with Gasteiger partial charge >= 0.3 is 31.0 Å². The van der Waals surface area contributed by atoms with Crippen LogP contribution < -0.4 is 0 Å². The van der Waals surface area contributed by atoms with Crippen LogP contribution in [0.1, 0.15) is 6.92 Å². The maximum Gasteiger partial charge on any atom is 0.721 e. The number of halogens is 3. The van der Waals surface area contributed by atoms with E-state index in [1.807, 2.05) is 0 Å². The SMILES string of the molecule is CC1(C(F)(F)F)O[B-]2(OC(=O)C(=O)O2)OC1=O. The van der Waals surface area contributed by atoms with Crippen molar-refractivity contribution in [3.63, 3.8) is 0 Å². The Morgan fingerprint density at radius 2 is 1.53 bits per heavy atom. The molecule has 2 aliphatic rings. The van der Waals surface area contributed by atoms with Gasteiger partial charge in [-0.3, -0.25) is 4.79 Å². The summed E-state index contributed by atoms with van der Waals surface area (Å²) in [7, 11) is 0. The van der Waals surface area contributed by atoms with Crippen molar-refractivity contribution >= 4 is 24.9 Å². The van der Waals surface area contributed by atoms with E-state index in [-0.39, 0.29) is 0 Å². The number of alkyl halides is 3. The topological polar surface area (TPSA) is 88.1 Å². The van der Waals surface area contributed by atoms with E-state index < -0.39 is 36.6 Å². The average molecular weight is 255 g/mol. The van der Waals surface area contributed by atoms with Crippen molar-refractivity contribution in [2.24, 2.45) is 0 Å².